The molecule has 1 heterocycles. The Morgan fingerprint density at radius 1 is 1.27 bits per heavy atom. The van der Waals surface area contributed by atoms with E-state index in [0.29, 0.717) is 6.42 Å². The maximum atomic E-state index is 12.9. The third-order valence-corrected chi connectivity index (χ3v) is 4.06. The Labute approximate surface area is 130 Å². The lowest BCUT2D eigenvalue weighted by Crippen LogP contribution is -2.09. The molecule has 0 unspecified atom stereocenters. The summed E-state index contributed by atoms with van der Waals surface area (Å²) < 4.78 is 1.89. The lowest BCUT2D eigenvalue weighted by atomic mass is 9.96. The predicted octanol–water partition coefficient (Wildman–Crippen LogP) is 3.65. The van der Waals surface area contributed by atoms with Gasteiger partial charge in [0.15, 0.2) is 5.78 Å². The standard InChI is InChI=1S/C19H19NO2/c1-13-8-9-16(14(2)11-13)19(22)17-6-3-7-18(17)20-10-4-5-15(20)12-21/h3-5,7-11,21H,6,12H2,1-2H3. The fraction of sp³-hybridized carbons (Fsp3) is 0.211. The molecule has 0 radical (unpaired) electrons. The number of aromatic nitrogens is 1. The molecule has 0 amide bonds. The first kappa shape index (κ1) is 14.5. The summed E-state index contributed by atoms with van der Waals surface area (Å²) in [5.41, 5.74) is 5.32. The highest BCUT2D eigenvalue weighted by Crippen LogP contribution is 2.29. The zero-order chi connectivity index (χ0) is 15.7. The number of aliphatic hydroxyl groups is 1. The molecule has 1 N–H and O–H groups in total. The van der Waals surface area contributed by atoms with Crippen LogP contribution in [-0.4, -0.2) is 15.5 Å². The van der Waals surface area contributed by atoms with Gasteiger partial charge in [-0.25, -0.2) is 0 Å². The molecular weight excluding hydrogens is 274 g/mol. The van der Waals surface area contributed by atoms with Gasteiger partial charge in [0.25, 0.3) is 0 Å². The number of carbonyl (C=O) groups excluding carboxylic acids is 1. The highest BCUT2D eigenvalue weighted by atomic mass is 16.3. The van der Waals surface area contributed by atoms with Gasteiger partial charge in [-0.05, 0) is 44.0 Å². The molecule has 0 aliphatic heterocycles. The van der Waals surface area contributed by atoms with Crippen LogP contribution in [0.3, 0.4) is 0 Å². The van der Waals surface area contributed by atoms with Crippen LogP contribution in [0.15, 0.2) is 54.3 Å². The fourth-order valence-electron chi connectivity index (χ4n) is 2.94. The summed E-state index contributed by atoms with van der Waals surface area (Å²) >= 11 is 0. The molecule has 3 rings (SSSR count). The number of carbonyl (C=O) groups is 1. The van der Waals surface area contributed by atoms with Gasteiger partial charge in [-0.1, -0.05) is 29.8 Å². The third-order valence-electron chi connectivity index (χ3n) is 4.06. The lowest BCUT2D eigenvalue weighted by molar-refractivity contribution is 0.103. The molecule has 0 saturated heterocycles. The quantitative estimate of drug-likeness (QED) is 0.874. The smallest absolute Gasteiger partial charge is 0.191 e. The largest absolute Gasteiger partial charge is 0.390 e. The van der Waals surface area contributed by atoms with Crippen molar-refractivity contribution in [2.24, 2.45) is 0 Å². The molecule has 0 spiro atoms. The molecule has 0 atom stereocenters. The summed E-state index contributed by atoms with van der Waals surface area (Å²) in [6.07, 6.45) is 6.46. The lowest BCUT2D eigenvalue weighted by Gasteiger charge is -2.12. The summed E-state index contributed by atoms with van der Waals surface area (Å²) in [4.78, 5) is 12.9. The van der Waals surface area contributed by atoms with Crippen molar-refractivity contribution in [1.82, 2.24) is 4.57 Å². The average Bonchev–Trinajstić information content (AvgIpc) is 3.14. The molecule has 1 aliphatic carbocycles. The third kappa shape index (κ3) is 2.44. The minimum Gasteiger partial charge on any atom is -0.390 e. The fourth-order valence-corrected chi connectivity index (χ4v) is 2.94. The van der Waals surface area contributed by atoms with E-state index in [1.54, 1.807) is 0 Å². The van der Waals surface area contributed by atoms with E-state index in [0.717, 1.165) is 33.7 Å². The molecule has 1 aromatic carbocycles. The second-order valence-corrected chi connectivity index (χ2v) is 5.65. The summed E-state index contributed by atoms with van der Waals surface area (Å²) in [7, 11) is 0. The van der Waals surface area contributed by atoms with E-state index in [1.807, 2.05) is 67.1 Å². The molecule has 0 fully saturated rings. The molecule has 3 heteroatoms. The minimum atomic E-state index is -0.0463. The van der Waals surface area contributed by atoms with Crippen molar-refractivity contribution in [3.63, 3.8) is 0 Å². The van der Waals surface area contributed by atoms with Crippen molar-refractivity contribution < 1.29 is 9.90 Å². The number of nitrogens with zero attached hydrogens (tertiary/aromatic N) is 1. The van der Waals surface area contributed by atoms with Crippen molar-refractivity contribution in [2.45, 2.75) is 26.9 Å². The van der Waals surface area contributed by atoms with Crippen molar-refractivity contribution in [3.05, 3.63) is 76.6 Å². The monoisotopic (exact) mass is 293 g/mol. The number of aliphatic hydroxyl groups excluding tert-OH is 1. The van der Waals surface area contributed by atoms with Crippen molar-refractivity contribution in [1.29, 1.82) is 0 Å². The second-order valence-electron chi connectivity index (χ2n) is 5.65. The van der Waals surface area contributed by atoms with Crippen molar-refractivity contribution >= 4 is 11.5 Å². The Morgan fingerprint density at radius 3 is 2.82 bits per heavy atom. The second kappa shape index (κ2) is 5.78. The number of ketones is 1. The number of benzene rings is 1. The van der Waals surface area contributed by atoms with Crippen LogP contribution in [0.4, 0.5) is 0 Å². The van der Waals surface area contributed by atoms with E-state index in [9.17, 15) is 9.90 Å². The molecule has 3 nitrogen and oxygen atoms in total. The van der Waals surface area contributed by atoms with Crippen LogP contribution in [0.5, 0.6) is 0 Å². The molecule has 1 aliphatic rings. The number of rotatable bonds is 4. The molecule has 112 valence electrons. The van der Waals surface area contributed by atoms with Gasteiger partial charge >= 0.3 is 0 Å². The Bertz CT molecular complexity index is 794. The van der Waals surface area contributed by atoms with Gasteiger partial charge in [-0.15, -0.1) is 0 Å². The number of aryl methyl sites for hydroxylation is 2. The molecule has 1 aromatic heterocycles. The topological polar surface area (TPSA) is 42.2 Å². The Kier molecular flexibility index (Phi) is 3.82. The summed E-state index contributed by atoms with van der Waals surface area (Å²) in [6, 6.07) is 9.64. The van der Waals surface area contributed by atoms with Crippen LogP contribution in [0.2, 0.25) is 0 Å². The number of Topliss-reactive ketones (excluding diaryl/α,β-unsaturated/α-hetero) is 1. The first-order valence-corrected chi connectivity index (χ1v) is 7.41. The van der Waals surface area contributed by atoms with Gasteiger partial charge in [-0.2, -0.15) is 0 Å². The maximum absolute atomic E-state index is 12.9. The predicted molar refractivity (Wildman–Crippen MR) is 87.6 cm³/mol. The summed E-state index contributed by atoms with van der Waals surface area (Å²) in [6.45, 7) is 3.95. The van der Waals surface area contributed by atoms with E-state index < -0.39 is 0 Å². The van der Waals surface area contributed by atoms with Gasteiger partial charge in [0.1, 0.15) is 0 Å². The summed E-state index contributed by atoms with van der Waals surface area (Å²) in [5.74, 6) is 0.0649. The maximum Gasteiger partial charge on any atom is 0.191 e. The van der Waals surface area contributed by atoms with Crippen LogP contribution in [0.1, 0.15) is 33.6 Å². The van der Waals surface area contributed by atoms with Crippen LogP contribution in [0, 0.1) is 13.8 Å². The minimum absolute atomic E-state index is 0.0463. The van der Waals surface area contributed by atoms with Crippen LogP contribution in [-0.2, 0) is 6.61 Å². The van der Waals surface area contributed by atoms with E-state index >= 15 is 0 Å². The van der Waals surface area contributed by atoms with Crippen molar-refractivity contribution in [3.8, 4) is 0 Å². The highest BCUT2D eigenvalue weighted by Gasteiger charge is 2.21. The summed E-state index contributed by atoms with van der Waals surface area (Å²) in [5, 5.41) is 9.43. The zero-order valence-corrected chi connectivity index (χ0v) is 12.8. The SMILES string of the molecule is Cc1ccc(C(=O)C2=C(n3cccc3CO)C=CC2)c(C)c1. The van der Waals surface area contributed by atoms with Gasteiger partial charge in [-0.3, -0.25) is 4.79 Å². The van der Waals surface area contributed by atoms with Crippen molar-refractivity contribution in [2.75, 3.05) is 0 Å². The first-order chi connectivity index (χ1) is 10.6. The number of hydrogen-bond donors (Lipinski definition) is 1. The van der Waals surface area contributed by atoms with E-state index in [4.69, 9.17) is 0 Å². The first-order valence-electron chi connectivity index (χ1n) is 7.41. The molecular formula is C19H19NO2. The molecule has 22 heavy (non-hydrogen) atoms. The van der Waals surface area contributed by atoms with Crippen LogP contribution in [0.25, 0.3) is 5.70 Å². The van der Waals surface area contributed by atoms with E-state index in [-0.39, 0.29) is 12.4 Å². The zero-order valence-electron chi connectivity index (χ0n) is 12.8. The van der Waals surface area contributed by atoms with Crippen LogP contribution >= 0.6 is 0 Å². The van der Waals surface area contributed by atoms with E-state index in [2.05, 4.69) is 0 Å². The Hall–Kier alpha value is -2.39. The van der Waals surface area contributed by atoms with Gasteiger partial charge in [0, 0.05) is 23.0 Å². The Balaban J connectivity index is 2.06. The average molecular weight is 293 g/mol. The Morgan fingerprint density at radius 2 is 2.09 bits per heavy atom. The van der Waals surface area contributed by atoms with Crippen LogP contribution < -0.4 is 0 Å². The molecule has 0 saturated carbocycles. The molecule has 0 bridgehead atoms. The van der Waals surface area contributed by atoms with Gasteiger partial charge in [0.2, 0.25) is 0 Å². The molecule has 2 aromatic rings. The number of allylic oxidation sites excluding steroid dienone is 4. The van der Waals surface area contributed by atoms with Gasteiger partial charge < -0.3 is 9.67 Å². The normalized spacial score (nSPS) is 14.0. The number of hydrogen-bond acceptors (Lipinski definition) is 2. The van der Waals surface area contributed by atoms with E-state index in [1.165, 1.54) is 0 Å². The highest BCUT2D eigenvalue weighted by molar-refractivity contribution is 6.14. The van der Waals surface area contributed by atoms with Gasteiger partial charge in [0.05, 0.1) is 12.3 Å².